The topological polar surface area (TPSA) is 41.3 Å². The Hall–Kier alpha value is -0.420. The minimum atomic E-state index is 0.121. The zero-order valence-corrected chi connectivity index (χ0v) is 13.6. The first-order valence-corrected chi connectivity index (χ1v) is 8.23. The van der Waals surface area contributed by atoms with Crippen LogP contribution in [0.3, 0.4) is 0 Å². The van der Waals surface area contributed by atoms with E-state index in [0.717, 1.165) is 32.4 Å². The van der Waals surface area contributed by atoms with Crippen LogP contribution in [0.1, 0.15) is 45.4 Å². The number of aryl methyl sites for hydroxylation is 1. The normalized spacial score (nSPS) is 16.5. The van der Waals surface area contributed by atoms with Crippen molar-refractivity contribution in [1.29, 1.82) is 0 Å². The lowest BCUT2D eigenvalue weighted by molar-refractivity contribution is 0.0669. The van der Waals surface area contributed by atoms with E-state index in [0.29, 0.717) is 6.04 Å². The van der Waals surface area contributed by atoms with E-state index < -0.39 is 0 Å². The van der Waals surface area contributed by atoms with Crippen LogP contribution in [0.15, 0.2) is 17.5 Å². The molecule has 0 aliphatic heterocycles. The standard InChI is InChI=1S/C15H29N3S/c1-5-15(4,18(6-2)7-3)14(17-16)11-10-13-9-8-12-19-13/h8-9,12,14,17H,5-7,10-11,16H2,1-4H3. The quantitative estimate of drug-likeness (QED) is 0.541. The van der Waals surface area contributed by atoms with Crippen molar-refractivity contribution >= 4 is 11.3 Å². The molecule has 1 aromatic rings. The fraction of sp³-hybridized carbons (Fsp3) is 0.733. The number of nitrogens with one attached hydrogen (secondary N) is 1. The summed E-state index contributed by atoms with van der Waals surface area (Å²) in [6, 6.07) is 4.65. The van der Waals surface area contributed by atoms with E-state index in [1.165, 1.54) is 4.88 Å². The van der Waals surface area contributed by atoms with Gasteiger partial charge in [0.2, 0.25) is 0 Å². The lowest BCUT2D eigenvalue weighted by Gasteiger charge is -2.45. The summed E-state index contributed by atoms with van der Waals surface area (Å²) in [6.45, 7) is 11.2. The summed E-state index contributed by atoms with van der Waals surface area (Å²) < 4.78 is 0. The molecule has 3 nitrogen and oxygen atoms in total. The molecule has 1 heterocycles. The summed E-state index contributed by atoms with van der Waals surface area (Å²) in [7, 11) is 0. The number of hydrogen-bond acceptors (Lipinski definition) is 4. The van der Waals surface area contributed by atoms with Gasteiger partial charge in [-0.15, -0.1) is 11.3 Å². The first-order chi connectivity index (χ1) is 9.12. The SMILES string of the molecule is CCN(CC)C(C)(CC)C(CCc1cccs1)NN. The highest BCUT2D eigenvalue weighted by molar-refractivity contribution is 7.09. The van der Waals surface area contributed by atoms with Gasteiger partial charge in [0.25, 0.3) is 0 Å². The van der Waals surface area contributed by atoms with Crippen LogP contribution in [0.4, 0.5) is 0 Å². The maximum Gasteiger partial charge on any atom is 0.0395 e. The fourth-order valence-corrected chi connectivity index (χ4v) is 3.68. The predicted octanol–water partition coefficient (Wildman–Crippen LogP) is 3.02. The lowest BCUT2D eigenvalue weighted by Crippen LogP contribution is -2.60. The molecule has 0 aromatic carbocycles. The molecular formula is C15H29N3S. The Morgan fingerprint density at radius 1 is 1.37 bits per heavy atom. The second kappa shape index (κ2) is 8.00. The highest BCUT2D eigenvalue weighted by Crippen LogP contribution is 2.26. The van der Waals surface area contributed by atoms with Crippen LogP contribution in [0.25, 0.3) is 0 Å². The fourth-order valence-electron chi connectivity index (χ4n) is 2.95. The number of thiophene rings is 1. The third-order valence-corrected chi connectivity index (χ3v) is 5.35. The maximum atomic E-state index is 5.85. The van der Waals surface area contributed by atoms with Gasteiger partial charge in [-0.2, -0.15) is 0 Å². The molecule has 0 fully saturated rings. The van der Waals surface area contributed by atoms with Gasteiger partial charge in [0, 0.05) is 16.5 Å². The van der Waals surface area contributed by atoms with E-state index in [1.54, 1.807) is 0 Å². The summed E-state index contributed by atoms with van der Waals surface area (Å²) in [4.78, 5) is 3.96. The molecule has 0 saturated heterocycles. The molecule has 3 N–H and O–H groups in total. The van der Waals surface area contributed by atoms with Crippen molar-refractivity contribution in [3.63, 3.8) is 0 Å². The molecule has 0 bridgehead atoms. The molecule has 110 valence electrons. The minimum absolute atomic E-state index is 0.121. The van der Waals surface area contributed by atoms with Crippen LogP contribution in [-0.2, 0) is 6.42 Å². The number of likely N-dealkylation sites (N-methyl/N-ethyl adjacent to an activating group) is 1. The van der Waals surface area contributed by atoms with Crippen LogP contribution >= 0.6 is 11.3 Å². The Morgan fingerprint density at radius 2 is 2.05 bits per heavy atom. The van der Waals surface area contributed by atoms with Crippen molar-refractivity contribution in [2.45, 2.75) is 58.5 Å². The third kappa shape index (κ3) is 4.02. The molecule has 2 atom stereocenters. The van der Waals surface area contributed by atoms with Crippen LogP contribution < -0.4 is 11.3 Å². The first kappa shape index (κ1) is 16.6. The van der Waals surface area contributed by atoms with Crippen LogP contribution in [0.2, 0.25) is 0 Å². The Morgan fingerprint density at radius 3 is 2.47 bits per heavy atom. The van der Waals surface area contributed by atoms with Crippen LogP contribution in [0, 0.1) is 0 Å². The van der Waals surface area contributed by atoms with Gasteiger partial charge in [0.1, 0.15) is 0 Å². The van der Waals surface area contributed by atoms with Crippen molar-refractivity contribution in [3.05, 3.63) is 22.4 Å². The lowest BCUT2D eigenvalue weighted by atomic mass is 9.84. The molecule has 0 aliphatic rings. The average Bonchev–Trinajstić information content (AvgIpc) is 2.93. The smallest absolute Gasteiger partial charge is 0.0395 e. The van der Waals surface area contributed by atoms with E-state index in [4.69, 9.17) is 5.84 Å². The molecule has 1 rings (SSSR count). The second-order valence-electron chi connectivity index (χ2n) is 5.22. The van der Waals surface area contributed by atoms with E-state index in [2.05, 4.69) is 55.5 Å². The Labute approximate surface area is 122 Å². The molecule has 4 heteroatoms. The molecule has 0 amide bonds. The molecule has 0 saturated carbocycles. The van der Waals surface area contributed by atoms with Crippen LogP contribution in [0.5, 0.6) is 0 Å². The van der Waals surface area contributed by atoms with Gasteiger partial charge < -0.3 is 0 Å². The first-order valence-electron chi connectivity index (χ1n) is 7.35. The zero-order chi connectivity index (χ0) is 14.3. The van der Waals surface area contributed by atoms with Crippen LogP contribution in [-0.4, -0.2) is 29.6 Å². The molecule has 0 radical (unpaired) electrons. The van der Waals surface area contributed by atoms with Crippen molar-refractivity contribution in [2.75, 3.05) is 13.1 Å². The van der Waals surface area contributed by atoms with E-state index in [9.17, 15) is 0 Å². The number of nitrogens with two attached hydrogens (primary N) is 1. The van der Waals surface area contributed by atoms with Crippen molar-refractivity contribution in [1.82, 2.24) is 10.3 Å². The highest BCUT2D eigenvalue weighted by atomic mass is 32.1. The highest BCUT2D eigenvalue weighted by Gasteiger charge is 2.36. The molecule has 0 spiro atoms. The minimum Gasteiger partial charge on any atom is -0.297 e. The average molecular weight is 283 g/mol. The van der Waals surface area contributed by atoms with Crippen molar-refractivity contribution in [2.24, 2.45) is 5.84 Å². The molecular weight excluding hydrogens is 254 g/mol. The van der Waals surface area contributed by atoms with Crippen molar-refractivity contribution < 1.29 is 0 Å². The molecule has 19 heavy (non-hydrogen) atoms. The predicted molar refractivity (Wildman–Crippen MR) is 85.4 cm³/mol. The Balaban J connectivity index is 2.73. The third-order valence-electron chi connectivity index (χ3n) is 4.41. The summed E-state index contributed by atoms with van der Waals surface area (Å²) in [5.74, 6) is 5.85. The maximum absolute atomic E-state index is 5.85. The molecule has 0 aliphatic carbocycles. The largest absolute Gasteiger partial charge is 0.297 e. The Kier molecular flexibility index (Phi) is 7.00. The van der Waals surface area contributed by atoms with Gasteiger partial charge in [0.05, 0.1) is 0 Å². The van der Waals surface area contributed by atoms with E-state index >= 15 is 0 Å². The second-order valence-corrected chi connectivity index (χ2v) is 6.25. The summed E-state index contributed by atoms with van der Waals surface area (Å²) >= 11 is 1.83. The number of rotatable bonds is 9. The van der Waals surface area contributed by atoms with Gasteiger partial charge in [-0.1, -0.05) is 26.8 Å². The number of hydrogen-bond donors (Lipinski definition) is 2. The zero-order valence-electron chi connectivity index (χ0n) is 12.8. The molecule has 1 aromatic heterocycles. The monoisotopic (exact) mass is 283 g/mol. The van der Waals surface area contributed by atoms with Gasteiger partial charge in [-0.3, -0.25) is 16.2 Å². The van der Waals surface area contributed by atoms with Gasteiger partial charge in [-0.05, 0) is 50.7 Å². The van der Waals surface area contributed by atoms with Gasteiger partial charge >= 0.3 is 0 Å². The van der Waals surface area contributed by atoms with E-state index in [-0.39, 0.29) is 5.54 Å². The summed E-state index contributed by atoms with van der Waals surface area (Å²) in [6.07, 6.45) is 3.29. The number of nitrogens with zero attached hydrogens (tertiary/aromatic N) is 1. The summed E-state index contributed by atoms with van der Waals surface area (Å²) in [5.41, 5.74) is 3.19. The van der Waals surface area contributed by atoms with Gasteiger partial charge in [-0.25, -0.2) is 0 Å². The van der Waals surface area contributed by atoms with E-state index in [1.807, 2.05) is 11.3 Å². The van der Waals surface area contributed by atoms with Crippen molar-refractivity contribution in [3.8, 4) is 0 Å². The Bertz CT molecular complexity index is 335. The number of hydrazine groups is 1. The summed E-state index contributed by atoms with van der Waals surface area (Å²) in [5, 5.41) is 2.14. The molecule has 2 unspecified atom stereocenters. The van der Waals surface area contributed by atoms with Gasteiger partial charge in [0.15, 0.2) is 0 Å².